The molecule has 2 heterocycles. The number of nitrogens with one attached hydrogen (secondary N) is 1. The lowest BCUT2D eigenvalue weighted by Gasteiger charge is -2.00. The van der Waals surface area contributed by atoms with E-state index in [1.54, 1.807) is 10.9 Å². The van der Waals surface area contributed by atoms with E-state index < -0.39 is 0 Å². The molecule has 0 spiro atoms. The first-order valence-corrected chi connectivity index (χ1v) is 5.95. The quantitative estimate of drug-likeness (QED) is 0.878. The molecule has 0 radical (unpaired) electrons. The van der Waals surface area contributed by atoms with Crippen molar-refractivity contribution in [3.05, 3.63) is 23.3 Å². The van der Waals surface area contributed by atoms with E-state index in [0.717, 1.165) is 23.6 Å². The summed E-state index contributed by atoms with van der Waals surface area (Å²) in [6.45, 7) is 7.45. The molecule has 0 bridgehead atoms. The Morgan fingerprint density at radius 1 is 1.44 bits per heavy atom. The predicted octanol–water partition coefficient (Wildman–Crippen LogP) is 1.93. The molecule has 0 aliphatic heterocycles. The fourth-order valence-electron chi connectivity index (χ4n) is 1.66. The predicted molar refractivity (Wildman–Crippen MR) is 66.6 cm³/mol. The fourth-order valence-corrected chi connectivity index (χ4v) is 1.66. The summed E-state index contributed by atoms with van der Waals surface area (Å²) in [5.74, 6) is 0.703. The van der Waals surface area contributed by atoms with Crippen molar-refractivity contribution in [3.63, 3.8) is 0 Å². The zero-order valence-electron chi connectivity index (χ0n) is 11.1. The van der Waals surface area contributed by atoms with Crippen LogP contribution in [0, 0.1) is 13.8 Å². The molecule has 98 valence electrons. The summed E-state index contributed by atoms with van der Waals surface area (Å²) in [5, 5.41) is 7.45. The minimum Gasteiger partial charge on any atom is -0.417 e. The molecular weight excluding hydrogens is 232 g/mol. The van der Waals surface area contributed by atoms with Gasteiger partial charge in [-0.15, -0.1) is 0 Å². The molecule has 6 heteroatoms. The van der Waals surface area contributed by atoms with Gasteiger partial charge in [0, 0.05) is 13.6 Å². The van der Waals surface area contributed by atoms with Gasteiger partial charge < -0.3 is 14.5 Å². The fraction of sp³-hybridized carbons (Fsp3) is 0.500. The number of nitrogens with zero attached hydrogens (tertiary/aromatic N) is 3. The number of aryl methyl sites for hydroxylation is 2. The van der Waals surface area contributed by atoms with Crippen molar-refractivity contribution in [1.29, 1.82) is 0 Å². The second-order valence-corrected chi connectivity index (χ2v) is 4.11. The average molecular weight is 250 g/mol. The first-order chi connectivity index (χ1) is 8.61. The number of hydrogen-bond acceptors (Lipinski definition) is 5. The highest BCUT2D eigenvalue weighted by atomic mass is 16.6. The topological polar surface area (TPSA) is 65.1 Å². The van der Waals surface area contributed by atoms with Crippen molar-refractivity contribution in [2.75, 3.05) is 6.54 Å². The Morgan fingerprint density at radius 3 is 2.83 bits per heavy atom. The minimum atomic E-state index is 0.252. The summed E-state index contributed by atoms with van der Waals surface area (Å²) in [4.78, 5) is 4.25. The molecule has 0 atom stereocenters. The summed E-state index contributed by atoms with van der Waals surface area (Å²) >= 11 is 0. The lowest BCUT2D eigenvalue weighted by Crippen LogP contribution is -2.11. The van der Waals surface area contributed by atoms with Crippen LogP contribution < -0.4 is 10.1 Å². The summed E-state index contributed by atoms with van der Waals surface area (Å²) < 4.78 is 12.7. The van der Waals surface area contributed by atoms with E-state index in [1.165, 1.54) is 0 Å². The third-order valence-electron chi connectivity index (χ3n) is 2.72. The first-order valence-electron chi connectivity index (χ1n) is 5.95. The number of ether oxygens (including phenoxy) is 1. The lowest BCUT2D eigenvalue weighted by molar-refractivity contribution is 0.327. The summed E-state index contributed by atoms with van der Waals surface area (Å²) in [5.41, 5.74) is 2.59. The first kappa shape index (κ1) is 12.6. The Hall–Kier alpha value is -1.82. The van der Waals surface area contributed by atoms with Crippen molar-refractivity contribution in [1.82, 2.24) is 20.1 Å². The van der Waals surface area contributed by atoms with Gasteiger partial charge in [0.1, 0.15) is 12.0 Å². The molecule has 0 saturated heterocycles. The van der Waals surface area contributed by atoms with E-state index in [4.69, 9.17) is 9.15 Å². The maximum atomic E-state index is 5.63. The number of aromatic nitrogens is 3. The Bertz CT molecular complexity index is 530. The van der Waals surface area contributed by atoms with Gasteiger partial charge >= 0.3 is 6.08 Å². The largest absolute Gasteiger partial charge is 0.417 e. The highest BCUT2D eigenvalue weighted by Crippen LogP contribution is 2.27. The lowest BCUT2D eigenvalue weighted by atomic mass is 10.3. The van der Waals surface area contributed by atoms with Gasteiger partial charge in [-0.25, -0.2) is 0 Å². The van der Waals surface area contributed by atoms with Crippen molar-refractivity contribution in [2.24, 2.45) is 7.05 Å². The van der Waals surface area contributed by atoms with Crippen LogP contribution >= 0.6 is 0 Å². The second-order valence-electron chi connectivity index (χ2n) is 4.11. The van der Waals surface area contributed by atoms with E-state index in [-0.39, 0.29) is 6.08 Å². The molecular formula is C12H18N4O2. The maximum absolute atomic E-state index is 5.63. The van der Waals surface area contributed by atoms with Gasteiger partial charge in [-0.1, -0.05) is 6.92 Å². The molecule has 1 N–H and O–H groups in total. The third-order valence-corrected chi connectivity index (χ3v) is 2.72. The molecule has 2 aromatic rings. The van der Waals surface area contributed by atoms with Gasteiger partial charge in [-0.2, -0.15) is 10.1 Å². The van der Waals surface area contributed by atoms with Gasteiger partial charge in [-0.05, 0) is 20.4 Å². The highest BCUT2D eigenvalue weighted by molar-refractivity contribution is 5.33. The Balaban J connectivity index is 2.11. The highest BCUT2D eigenvalue weighted by Gasteiger charge is 2.14. The van der Waals surface area contributed by atoms with Crippen LogP contribution in [0.1, 0.15) is 24.0 Å². The third kappa shape index (κ3) is 2.53. The SMILES string of the molecule is CCNCc1coc(Oc2c(C)nn(C)c2C)n1. The summed E-state index contributed by atoms with van der Waals surface area (Å²) in [7, 11) is 1.88. The molecule has 6 nitrogen and oxygen atoms in total. The number of rotatable bonds is 5. The van der Waals surface area contributed by atoms with Gasteiger partial charge in [0.2, 0.25) is 0 Å². The van der Waals surface area contributed by atoms with E-state index in [0.29, 0.717) is 12.3 Å². The Kier molecular flexibility index (Phi) is 3.66. The van der Waals surface area contributed by atoms with Gasteiger partial charge in [-0.3, -0.25) is 4.68 Å². The van der Waals surface area contributed by atoms with Crippen molar-refractivity contribution in [2.45, 2.75) is 27.3 Å². The van der Waals surface area contributed by atoms with Crippen molar-refractivity contribution in [3.8, 4) is 11.8 Å². The van der Waals surface area contributed by atoms with Crippen LogP contribution in [0.4, 0.5) is 0 Å². The monoisotopic (exact) mass is 250 g/mol. The zero-order valence-corrected chi connectivity index (χ0v) is 11.1. The van der Waals surface area contributed by atoms with E-state index in [1.807, 2.05) is 27.8 Å². The molecule has 18 heavy (non-hydrogen) atoms. The molecule has 0 amide bonds. The molecule has 0 aromatic carbocycles. The van der Waals surface area contributed by atoms with Gasteiger partial charge in [0.05, 0.1) is 11.4 Å². The smallest absolute Gasteiger partial charge is 0.399 e. The molecule has 0 fully saturated rings. The van der Waals surface area contributed by atoms with E-state index in [9.17, 15) is 0 Å². The maximum Gasteiger partial charge on any atom is 0.399 e. The van der Waals surface area contributed by atoms with E-state index >= 15 is 0 Å². The van der Waals surface area contributed by atoms with Crippen LogP contribution in [0.2, 0.25) is 0 Å². The number of hydrogen-bond donors (Lipinski definition) is 1. The molecule has 2 aromatic heterocycles. The van der Waals surface area contributed by atoms with Crippen LogP contribution in [0.5, 0.6) is 11.8 Å². The Labute approximate surface area is 106 Å². The average Bonchev–Trinajstić information content (AvgIpc) is 2.88. The molecule has 0 saturated carbocycles. The minimum absolute atomic E-state index is 0.252. The molecule has 0 aliphatic rings. The van der Waals surface area contributed by atoms with E-state index in [2.05, 4.69) is 15.4 Å². The van der Waals surface area contributed by atoms with Crippen LogP contribution in [0.3, 0.4) is 0 Å². The van der Waals surface area contributed by atoms with Crippen molar-refractivity contribution < 1.29 is 9.15 Å². The molecule has 2 rings (SSSR count). The van der Waals surface area contributed by atoms with Crippen LogP contribution in [0.25, 0.3) is 0 Å². The second kappa shape index (κ2) is 5.22. The van der Waals surface area contributed by atoms with Gasteiger partial charge in [0.25, 0.3) is 0 Å². The normalized spacial score (nSPS) is 10.9. The van der Waals surface area contributed by atoms with Crippen LogP contribution in [0.15, 0.2) is 10.7 Å². The Morgan fingerprint density at radius 2 is 2.22 bits per heavy atom. The van der Waals surface area contributed by atoms with Crippen LogP contribution in [-0.2, 0) is 13.6 Å². The van der Waals surface area contributed by atoms with Crippen molar-refractivity contribution >= 4 is 0 Å². The van der Waals surface area contributed by atoms with Gasteiger partial charge in [0.15, 0.2) is 5.75 Å². The zero-order chi connectivity index (χ0) is 13.1. The molecule has 0 unspecified atom stereocenters. The number of oxazole rings is 1. The summed E-state index contributed by atoms with van der Waals surface area (Å²) in [6, 6.07) is 0. The summed E-state index contributed by atoms with van der Waals surface area (Å²) in [6.07, 6.45) is 1.85. The standard InChI is InChI=1S/C12H18N4O2/c1-5-13-6-10-7-17-12(14-10)18-11-8(2)15-16(4)9(11)3/h7,13H,5-6H2,1-4H3. The molecule has 0 aliphatic carbocycles. The van der Waals surface area contributed by atoms with Crippen LogP contribution in [-0.4, -0.2) is 21.3 Å².